The fourth-order valence-electron chi connectivity index (χ4n) is 1.81. The van der Waals surface area contributed by atoms with E-state index in [2.05, 4.69) is 21.9 Å². The summed E-state index contributed by atoms with van der Waals surface area (Å²) in [5, 5.41) is 24.2. The lowest BCUT2D eigenvalue weighted by Gasteiger charge is -2.19. The van der Waals surface area contributed by atoms with Gasteiger partial charge in [-0.25, -0.2) is 0 Å². The number of nitriles is 2. The zero-order valence-corrected chi connectivity index (χ0v) is 9.20. The van der Waals surface area contributed by atoms with Gasteiger partial charge in [0.1, 0.15) is 12.1 Å². The molecule has 17 heavy (non-hydrogen) atoms. The third-order valence-corrected chi connectivity index (χ3v) is 2.65. The standard InChI is InChI=1S/C12H11N5/c13-6-10(7-14)16-17-12-3-1-2-9-4-5-15-8-11(9)12/h1-3,15,17H,4-5,8H2. The van der Waals surface area contributed by atoms with Gasteiger partial charge in [-0.05, 0) is 30.2 Å². The van der Waals surface area contributed by atoms with Crippen LogP contribution in [0.1, 0.15) is 11.1 Å². The number of benzene rings is 1. The van der Waals surface area contributed by atoms with Crippen LogP contribution in [0, 0.1) is 22.7 Å². The molecule has 1 aliphatic heterocycles. The quantitative estimate of drug-likeness (QED) is 0.584. The molecule has 0 spiro atoms. The van der Waals surface area contributed by atoms with Gasteiger partial charge in [-0.15, -0.1) is 0 Å². The van der Waals surface area contributed by atoms with Crippen LogP contribution in [0.2, 0.25) is 0 Å². The second-order valence-electron chi connectivity index (χ2n) is 3.67. The summed E-state index contributed by atoms with van der Waals surface area (Å²) in [6.45, 7) is 1.75. The van der Waals surface area contributed by atoms with Crippen molar-refractivity contribution in [2.75, 3.05) is 12.0 Å². The van der Waals surface area contributed by atoms with E-state index in [9.17, 15) is 0 Å². The van der Waals surface area contributed by atoms with Crippen molar-refractivity contribution in [3.05, 3.63) is 29.3 Å². The van der Waals surface area contributed by atoms with Crippen LogP contribution in [-0.2, 0) is 13.0 Å². The number of hydrogen-bond acceptors (Lipinski definition) is 5. The van der Waals surface area contributed by atoms with Crippen LogP contribution < -0.4 is 10.7 Å². The summed E-state index contributed by atoms with van der Waals surface area (Å²) in [7, 11) is 0. The van der Waals surface area contributed by atoms with Gasteiger partial charge in [0.25, 0.3) is 0 Å². The molecule has 2 rings (SSSR count). The molecule has 1 heterocycles. The maximum atomic E-state index is 8.59. The first-order valence-electron chi connectivity index (χ1n) is 5.30. The maximum absolute atomic E-state index is 8.59. The number of anilines is 1. The Hall–Kier alpha value is -2.37. The lowest BCUT2D eigenvalue weighted by atomic mass is 10.00. The van der Waals surface area contributed by atoms with Gasteiger partial charge < -0.3 is 5.32 Å². The van der Waals surface area contributed by atoms with Gasteiger partial charge >= 0.3 is 0 Å². The number of nitrogens with zero attached hydrogens (tertiary/aromatic N) is 3. The Labute approximate surface area is 99.4 Å². The third kappa shape index (κ3) is 2.41. The molecule has 0 atom stereocenters. The summed E-state index contributed by atoms with van der Waals surface area (Å²) < 4.78 is 0. The van der Waals surface area contributed by atoms with Crippen molar-refractivity contribution in [1.29, 1.82) is 10.5 Å². The molecule has 0 bridgehead atoms. The highest BCUT2D eigenvalue weighted by Crippen LogP contribution is 2.22. The van der Waals surface area contributed by atoms with Crippen molar-refractivity contribution in [1.82, 2.24) is 5.32 Å². The van der Waals surface area contributed by atoms with E-state index in [0.29, 0.717) is 0 Å². The number of hydrogen-bond donors (Lipinski definition) is 2. The molecule has 0 aromatic heterocycles. The summed E-state index contributed by atoms with van der Waals surface area (Å²) in [5.41, 5.74) is 5.88. The van der Waals surface area contributed by atoms with Crippen LogP contribution in [-0.4, -0.2) is 12.3 Å². The van der Waals surface area contributed by atoms with Crippen LogP contribution >= 0.6 is 0 Å². The minimum atomic E-state index is -0.175. The van der Waals surface area contributed by atoms with E-state index in [4.69, 9.17) is 10.5 Å². The molecule has 5 nitrogen and oxygen atoms in total. The topological polar surface area (TPSA) is 84.0 Å². The van der Waals surface area contributed by atoms with Crippen LogP contribution in [0.5, 0.6) is 0 Å². The first kappa shape index (κ1) is 11.1. The van der Waals surface area contributed by atoms with E-state index >= 15 is 0 Å². The molecule has 0 saturated heterocycles. The lowest BCUT2D eigenvalue weighted by Crippen LogP contribution is -2.24. The van der Waals surface area contributed by atoms with Crippen molar-refractivity contribution < 1.29 is 0 Å². The molecular formula is C12H11N5. The maximum Gasteiger partial charge on any atom is 0.237 e. The Balaban J connectivity index is 2.26. The van der Waals surface area contributed by atoms with Crippen molar-refractivity contribution >= 4 is 11.4 Å². The Morgan fingerprint density at radius 1 is 1.35 bits per heavy atom. The zero-order chi connectivity index (χ0) is 12.1. The van der Waals surface area contributed by atoms with Gasteiger partial charge in [-0.1, -0.05) is 12.1 Å². The highest BCUT2D eigenvalue weighted by atomic mass is 15.3. The largest absolute Gasteiger partial charge is 0.312 e. The van der Waals surface area contributed by atoms with Crippen LogP contribution in [0.25, 0.3) is 0 Å². The second-order valence-corrected chi connectivity index (χ2v) is 3.67. The van der Waals surface area contributed by atoms with E-state index in [-0.39, 0.29) is 5.71 Å². The summed E-state index contributed by atoms with van der Waals surface area (Å²) >= 11 is 0. The van der Waals surface area contributed by atoms with Gasteiger partial charge in [0.2, 0.25) is 5.71 Å². The predicted molar refractivity (Wildman–Crippen MR) is 64.1 cm³/mol. The molecule has 0 saturated carbocycles. The van der Waals surface area contributed by atoms with Gasteiger partial charge in [-0.2, -0.15) is 15.6 Å². The minimum absolute atomic E-state index is 0.175. The monoisotopic (exact) mass is 225 g/mol. The van der Waals surface area contributed by atoms with Gasteiger partial charge in [0, 0.05) is 6.54 Å². The summed E-state index contributed by atoms with van der Waals surface area (Å²) in [6, 6.07) is 9.34. The minimum Gasteiger partial charge on any atom is -0.312 e. The number of hydrazone groups is 1. The van der Waals surface area contributed by atoms with E-state index in [1.165, 1.54) is 5.56 Å². The number of nitrogens with one attached hydrogen (secondary N) is 2. The Bertz CT molecular complexity index is 517. The molecule has 1 aromatic carbocycles. The van der Waals surface area contributed by atoms with Crippen LogP contribution in [0.4, 0.5) is 5.69 Å². The van der Waals surface area contributed by atoms with Crippen molar-refractivity contribution in [3.8, 4) is 12.1 Å². The molecule has 1 aromatic rings. The highest BCUT2D eigenvalue weighted by molar-refractivity contribution is 6.10. The molecule has 5 heteroatoms. The average Bonchev–Trinajstić information content (AvgIpc) is 2.40. The summed E-state index contributed by atoms with van der Waals surface area (Å²) in [4.78, 5) is 0. The number of fused-ring (bicyclic) bond motifs is 1. The molecule has 0 fully saturated rings. The van der Waals surface area contributed by atoms with Gasteiger partial charge in [-0.3, -0.25) is 5.43 Å². The van der Waals surface area contributed by atoms with E-state index in [1.807, 2.05) is 12.1 Å². The van der Waals surface area contributed by atoms with Crippen LogP contribution in [0.3, 0.4) is 0 Å². The molecular weight excluding hydrogens is 214 g/mol. The molecule has 0 unspecified atom stereocenters. The van der Waals surface area contributed by atoms with E-state index in [0.717, 1.165) is 30.8 Å². The molecule has 0 aliphatic carbocycles. The Kier molecular flexibility index (Phi) is 3.34. The molecule has 0 radical (unpaired) electrons. The van der Waals surface area contributed by atoms with E-state index in [1.54, 1.807) is 12.1 Å². The Morgan fingerprint density at radius 3 is 2.94 bits per heavy atom. The van der Waals surface area contributed by atoms with Gasteiger partial charge in [0.15, 0.2) is 0 Å². The lowest BCUT2D eigenvalue weighted by molar-refractivity contribution is 0.645. The van der Waals surface area contributed by atoms with Crippen LogP contribution in [0.15, 0.2) is 23.3 Å². The molecule has 1 aliphatic rings. The normalized spacial score (nSPS) is 12.8. The molecule has 84 valence electrons. The van der Waals surface area contributed by atoms with Crippen molar-refractivity contribution in [2.45, 2.75) is 13.0 Å². The van der Waals surface area contributed by atoms with E-state index < -0.39 is 0 Å². The zero-order valence-electron chi connectivity index (χ0n) is 9.20. The van der Waals surface area contributed by atoms with Crippen molar-refractivity contribution in [3.63, 3.8) is 0 Å². The number of rotatable bonds is 2. The summed E-state index contributed by atoms with van der Waals surface area (Å²) in [6.07, 6.45) is 0.984. The highest BCUT2D eigenvalue weighted by Gasteiger charge is 2.11. The van der Waals surface area contributed by atoms with Crippen molar-refractivity contribution in [2.24, 2.45) is 5.10 Å². The predicted octanol–water partition coefficient (Wildman–Crippen LogP) is 1.15. The smallest absolute Gasteiger partial charge is 0.237 e. The third-order valence-electron chi connectivity index (χ3n) is 2.65. The SMILES string of the molecule is N#CC(C#N)=NNc1cccc2c1CNCC2. The first-order valence-corrected chi connectivity index (χ1v) is 5.30. The second kappa shape index (κ2) is 5.11. The summed E-state index contributed by atoms with van der Waals surface area (Å²) in [5.74, 6) is 0. The fraction of sp³-hybridized carbons (Fsp3) is 0.250. The fourth-order valence-corrected chi connectivity index (χ4v) is 1.81. The Morgan fingerprint density at radius 2 is 2.18 bits per heavy atom. The van der Waals surface area contributed by atoms with Gasteiger partial charge in [0.05, 0.1) is 5.69 Å². The molecule has 0 amide bonds. The average molecular weight is 225 g/mol. The molecule has 2 N–H and O–H groups in total. The first-order chi connectivity index (χ1) is 8.35.